The largest absolute Gasteiger partial charge is 0.493 e. The summed E-state index contributed by atoms with van der Waals surface area (Å²) in [7, 11) is 6.70. The molecule has 0 aromatic heterocycles. The predicted molar refractivity (Wildman–Crippen MR) is 135 cm³/mol. The zero-order chi connectivity index (χ0) is 21.3. The Morgan fingerprint density at radius 1 is 0.903 bits per heavy atom. The summed E-state index contributed by atoms with van der Waals surface area (Å²) in [6.07, 6.45) is 0. The highest BCUT2D eigenvalue weighted by molar-refractivity contribution is 14.0. The molecule has 1 heterocycles. The van der Waals surface area contributed by atoms with Gasteiger partial charge in [-0.3, -0.25) is 9.89 Å². The highest BCUT2D eigenvalue weighted by atomic mass is 127. The molecule has 3 rings (SSSR count). The van der Waals surface area contributed by atoms with Crippen LogP contribution in [0.3, 0.4) is 0 Å². The van der Waals surface area contributed by atoms with Crippen molar-refractivity contribution >= 4 is 29.9 Å². The van der Waals surface area contributed by atoms with Crippen LogP contribution in [0.25, 0.3) is 0 Å². The third-order valence-corrected chi connectivity index (χ3v) is 5.36. The SMILES string of the molecule is CN=C(NCc1ccc(OC)c(OC)c1OC)N1CCN(Cc2ccccc2)CC1.I. The Morgan fingerprint density at radius 3 is 2.16 bits per heavy atom. The molecule has 1 aliphatic rings. The molecule has 0 atom stereocenters. The molecule has 0 radical (unpaired) electrons. The molecule has 2 aromatic rings. The van der Waals surface area contributed by atoms with E-state index in [1.54, 1.807) is 21.3 Å². The van der Waals surface area contributed by atoms with E-state index < -0.39 is 0 Å². The van der Waals surface area contributed by atoms with Crippen LogP contribution in [-0.2, 0) is 13.1 Å². The highest BCUT2D eigenvalue weighted by Crippen LogP contribution is 2.39. The van der Waals surface area contributed by atoms with Gasteiger partial charge in [-0.05, 0) is 17.7 Å². The van der Waals surface area contributed by atoms with Crippen molar-refractivity contribution in [1.82, 2.24) is 15.1 Å². The van der Waals surface area contributed by atoms with E-state index >= 15 is 0 Å². The van der Waals surface area contributed by atoms with Crippen LogP contribution in [-0.4, -0.2) is 70.3 Å². The Balaban J connectivity index is 0.00000341. The number of ether oxygens (including phenoxy) is 3. The normalized spacial score (nSPS) is 14.6. The summed E-state index contributed by atoms with van der Waals surface area (Å²) in [6, 6.07) is 14.5. The van der Waals surface area contributed by atoms with Gasteiger partial charge in [-0.2, -0.15) is 0 Å². The average molecular weight is 540 g/mol. The van der Waals surface area contributed by atoms with Crippen molar-refractivity contribution in [3.63, 3.8) is 0 Å². The Kier molecular flexibility index (Phi) is 10.2. The zero-order valence-electron chi connectivity index (χ0n) is 18.8. The van der Waals surface area contributed by atoms with Gasteiger partial charge in [-0.25, -0.2) is 0 Å². The number of methoxy groups -OCH3 is 3. The average Bonchev–Trinajstić information content (AvgIpc) is 2.80. The summed E-state index contributed by atoms with van der Waals surface area (Å²) >= 11 is 0. The summed E-state index contributed by atoms with van der Waals surface area (Å²) in [5.74, 6) is 2.82. The molecule has 0 amide bonds. The van der Waals surface area contributed by atoms with Crippen molar-refractivity contribution in [2.24, 2.45) is 4.99 Å². The summed E-state index contributed by atoms with van der Waals surface area (Å²) in [5.41, 5.74) is 2.34. The molecule has 31 heavy (non-hydrogen) atoms. The Morgan fingerprint density at radius 2 is 1.58 bits per heavy atom. The molecule has 170 valence electrons. The van der Waals surface area contributed by atoms with Gasteiger partial charge in [0, 0.05) is 51.9 Å². The lowest BCUT2D eigenvalue weighted by atomic mass is 10.1. The second kappa shape index (κ2) is 12.6. The van der Waals surface area contributed by atoms with Gasteiger partial charge in [-0.15, -0.1) is 24.0 Å². The number of nitrogens with zero attached hydrogens (tertiary/aromatic N) is 3. The number of halogens is 1. The van der Waals surface area contributed by atoms with Crippen LogP contribution in [0, 0.1) is 0 Å². The van der Waals surface area contributed by atoms with Crippen molar-refractivity contribution < 1.29 is 14.2 Å². The van der Waals surface area contributed by atoms with E-state index in [1.165, 1.54) is 5.56 Å². The molecule has 0 spiro atoms. The number of guanidine groups is 1. The van der Waals surface area contributed by atoms with Gasteiger partial charge < -0.3 is 24.4 Å². The lowest BCUT2D eigenvalue weighted by Crippen LogP contribution is -2.52. The first-order chi connectivity index (χ1) is 14.7. The monoisotopic (exact) mass is 540 g/mol. The molecule has 0 bridgehead atoms. The number of hydrogen-bond acceptors (Lipinski definition) is 5. The van der Waals surface area contributed by atoms with E-state index in [4.69, 9.17) is 14.2 Å². The smallest absolute Gasteiger partial charge is 0.203 e. The van der Waals surface area contributed by atoms with E-state index in [-0.39, 0.29) is 24.0 Å². The Labute approximate surface area is 202 Å². The standard InChI is InChI=1S/C23H32N4O3.HI/c1-24-23(25-16-19-10-11-20(28-2)22(30-4)21(19)29-3)27-14-12-26(13-15-27)17-18-8-6-5-7-9-18;/h5-11H,12-17H2,1-4H3,(H,24,25);1H. The maximum absolute atomic E-state index is 5.59. The van der Waals surface area contributed by atoms with Crippen molar-refractivity contribution in [1.29, 1.82) is 0 Å². The first kappa shape index (κ1) is 25.1. The van der Waals surface area contributed by atoms with Crippen LogP contribution >= 0.6 is 24.0 Å². The van der Waals surface area contributed by atoms with Crippen LogP contribution in [0.4, 0.5) is 0 Å². The quantitative estimate of drug-likeness (QED) is 0.331. The van der Waals surface area contributed by atoms with E-state index in [2.05, 4.69) is 50.4 Å². The molecular weight excluding hydrogens is 507 g/mol. The fourth-order valence-electron chi connectivity index (χ4n) is 3.77. The number of hydrogen-bond donors (Lipinski definition) is 1. The third-order valence-electron chi connectivity index (χ3n) is 5.36. The van der Waals surface area contributed by atoms with Gasteiger partial charge in [0.2, 0.25) is 5.75 Å². The fraction of sp³-hybridized carbons (Fsp3) is 0.435. The number of rotatable bonds is 7. The highest BCUT2D eigenvalue weighted by Gasteiger charge is 2.21. The summed E-state index contributed by atoms with van der Waals surface area (Å²) < 4.78 is 16.4. The number of aliphatic imine (C=N–C) groups is 1. The number of benzene rings is 2. The van der Waals surface area contributed by atoms with Gasteiger partial charge in [0.1, 0.15) is 0 Å². The van der Waals surface area contributed by atoms with Gasteiger partial charge in [-0.1, -0.05) is 30.3 Å². The molecule has 0 saturated carbocycles. The van der Waals surface area contributed by atoms with Crippen LogP contribution in [0.1, 0.15) is 11.1 Å². The molecule has 0 unspecified atom stereocenters. The summed E-state index contributed by atoms with van der Waals surface area (Å²) in [4.78, 5) is 9.27. The summed E-state index contributed by atoms with van der Waals surface area (Å²) in [6.45, 7) is 5.47. The van der Waals surface area contributed by atoms with Gasteiger partial charge in [0.25, 0.3) is 0 Å². The Hall–Kier alpha value is -2.20. The minimum Gasteiger partial charge on any atom is -0.493 e. The fourth-order valence-corrected chi connectivity index (χ4v) is 3.77. The minimum absolute atomic E-state index is 0. The van der Waals surface area contributed by atoms with Crippen molar-refractivity contribution in [3.05, 3.63) is 53.6 Å². The topological polar surface area (TPSA) is 58.6 Å². The number of nitrogens with one attached hydrogen (secondary N) is 1. The van der Waals surface area contributed by atoms with Crippen molar-refractivity contribution in [3.8, 4) is 17.2 Å². The maximum atomic E-state index is 5.59. The van der Waals surface area contributed by atoms with Crippen LogP contribution in [0.5, 0.6) is 17.2 Å². The summed E-state index contributed by atoms with van der Waals surface area (Å²) in [5, 5.41) is 3.46. The molecule has 7 nitrogen and oxygen atoms in total. The van der Waals surface area contributed by atoms with Gasteiger partial charge >= 0.3 is 0 Å². The van der Waals surface area contributed by atoms with Crippen LogP contribution in [0.2, 0.25) is 0 Å². The lowest BCUT2D eigenvalue weighted by molar-refractivity contribution is 0.172. The molecule has 1 N–H and O–H groups in total. The van der Waals surface area contributed by atoms with Crippen molar-refractivity contribution in [2.75, 3.05) is 54.6 Å². The first-order valence-corrected chi connectivity index (χ1v) is 10.2. The molecular formula is C23H33IN4O3. The number of piperazine rings is 1. The van der Waals surface area contributed by atoms with Crippen molar-refractivity contribution in [2.45, 2.75) is 13.1 Å². The lowest BCUT2D eigenvalue weighted by Gasteiger charge is -2.36. The predicted octanol–water partition coefficient (Wildman–Crippen LogP) is 3.22. The van der Waals surface area contributed by atoms with E-state index in [1.807, 2.05) is 19.2 Å². The van der Waals surface area contributed by atoms with Gasteiger partial charge in [0.15, 0.2) is 17.5 Å². The molecule has 1 aliphatic heterocycles. The second-order valence-corrected chi connectivity index (χ2v) is 7.14. The molecule has 1 saturated heterocycles. The third kappa shape index (κ3) is 6.39. The molecule has 1 fully saturated rings. The van der Waals surface area contributed by atoms with Gasteiger partial charge in [0.05, 0.1) is 21.3 Å². The molecule has 0 aliphatic carbocycles. The van der Waals surface area contributed by atoms with E-state index in [9.17, 15) is 0 Å². The Bertz CT molecular complexity index is 840. The van der Waals surface area contributed by atoms with E-state index in [0.29, 0.717) is 23.8 Å². The maximum Gasteiger partial charge on any atom is 0.203 e. The molecule has 8 heteroatoms. The van der Waals surface area contributed by atoms with E-state index in [0.717, 1.165) is 44.2 Å². The molecule has 2 aromatic carbocycles. The van der Waals surface area contributed by atoms with Crippen LogP contribution < -0.4 is 19.5 Å². The zero-order valence-corrected chi connectivity index (χ0v) is 21.1. The van der Waals surface area contributed by atoms with Crippen LogP contribution in [0.15, 0.2) is 47.5 Å². The minimum atomic E-state index is 0. The second-order valence-electron chi connectivity index (χ2n) is 7.14. The first-order valence-electron chi connectivity index (χ1n) is 10.2.